The second kappa shape index (κ2) is 6.21. The number of ether oxygens (including phenoxy) is 1. The van der Waals surface area contributed by atoms with E-state index < -0.39 is 0 Å². The van der Waals surface area contributed by atoms with Gasteiger partial charge in [0.05, 0.1) is 12.4 Å². The summed E-state index contributed by atoms with van der Waals surface area (Å²) in [6.07, 6.45) is 5.54. The lowest BCUT2D eigenvalue weighted by Gasteiger charge is -2.08. The summed E-state index contributed by atoms with van der Waals surface area (Å²) in [6.45, 7) is 3.65. The second-order valence-electron chi connectivity index (χ2n) is 4.19. The largest absolute Gasteiger partial charge is 0.454 e. The molecular formula is C14H19N3O. The first-order valence-electron chi connectivity index (χ1n) is 6.31. The molecule has 2 aromatic rings. The van der Waals surface area contributed by atoms with Gasteiger partial charge in [-0.2, -0.15) is 5.10 Å². The first kappa shape index (κ1) is 12.6. The molecule has 1 heterocycles. The number of hydrogen-bond donors (Lipinski definition) is 1. The summed E-state index contributed by atoms with van der Waals surface area (Å²) in [5, 5.41) is 4.24. The summed E-state index contributed by atoms with van der Waals surface area (Å²) in [4.78, 5) is 0. The molecule has 0 amide bonds. The number of benzene rings is 1. The molecule has 0 saturated heterocycles. The summed E-state index contributed by atoms with van der Waals surface area (Å²) in [5.74, 6) is 1.63. The Morgan fingerprint density at radius 3 is 2.94 bits per heavy atom. The van der Waals surface area contributed by atoms with Crippen LogP contribution < -0.4 is 10.5 Å². The highest BCUT2D eigenvalue weighted by atomic mass is 16.5. The third kappa shape index (κ3) is 3.11. The molecule has 4 nitrogen and oxygen atoms in total. The molecule has 2 rings (SSSR count). The predicted molar refractivity (Wildman–Crippen MR) is 71.8 cm³/mol. The molecule has 1 aromatic heterocycles. The zero-order valence-corrected chi connectivity index (χ0v) is 10.7. The van der Waals surface area contributed by atoms with Crippen LogP contribution in [-0.2, 0) is 13.0 Å². The van der Waals surface area contributed by atoms with Gasteiger partial charge in [-0.3, -0.25) is 4.68 Å². The van der Waals surface area contributed by atoms with Gasteiger partial charge >= 0.3 is 0 Å². The Kier molecular flexibility index (Phi) is 4.36. The van der Waals surface area contributed by atoms with Crippen molar-refractivity contribution < 1.29 is 4.74 Å². The molecule has 0 unspecified atom stereocenters. The zero-order valence-electron chi connectivity index (χ0n) is 10.7. The highest BCUT2D eigenvalue weighted by molar-refractivity contribution is 5.36. The molecule has 0 atom stereocenters. The van der Waals surface area contributed by atoms with Crippen LogP contribution in [0.25, 0.3) is 0 Å². The van der Waals surface area contributed by atoms with Gasteiger partial charge in [-0.1, -0.05) is 25.1 Å². The van der Waals surface area contributed by atoms with Gasteiger partial charge in [0, 0.05) is 6.54 Å². The number of nitrogens with zero attached hydrogens (tertiary/aromatic N) is 2. The van der Waals surface area contributed by atoms with Crippen LogP contribution in [0.5, 0.6) is 11.5 Å². The van der Waals surface area contributed by atoms with Gasteiger partial charge in [0.25, 0.3) is 0 Å². The summed E-state index contributed by atoms with van der Waals surface area (Å²) >= 11 is 0. The van der Waals surface area contributed by atoms with E-state index in [1.165, 1.54) is 0 Å². The minimum Gasteiger partial charge on any atom is -0.454 e. The minimum atomic E-state index is 0.621. The molecule has 0 spiro atoms. The van der Waals surface area contributed by atoms with E-state index in [0.717, 1.165) is 36.4 Å². The van der Waals surface area contributed by atoms with E-state index >= 15 is 0 Å². The molecule has 4 heteroatoms. The molecule has 0 aliphatic rings. The number of rotatable bonds is 6. The number of nitrogens with two attached hydrogens (primary N) is 1. The van der Waals surface area contributed by atoms with Crippen molar-refractivity contribution in [3.8, 4) is 11.5 Å². The van der Waals surface area contributed by atoms with Crippen molar-refractivity contribution in [1.29, 1.82) is 0 Å². The minimum absolute atomic E-state index is 0.621. The van der Waals surface area contributed by atoms with Crippen LogP contribution in [0.4, 0.5) is 0 Å². The number of para-hydroxylation sites is 1. The Hall–Kier alpha value is -1.81. The van der Waals surface area contributed by atoms with Crippen molar-refractivity contribution in [2.24, 2.45) is 5.73 Å². The van der Waals surface area contributed by atoms with Crippen molar-refractivity contribution >= 4 is 0 Å². The Balaban J connectivity index is 2.12. The normalized spacial score (nSPS) is 10.6. The van der Waals surface area contributed by atoms with Gasteiger partial charge < -0.3 is 10.5 Å². The van der Waals surface area contributed by atoms with Gasteiger partial charge in [0.2, 0.25) is 0 Å². The zero-order chi connectivity index (χ0) is 12.8. The van der Waals surface area contributed by atoms with Crippen molar-refractivity contribution in [3.05, 3.63) is 42.2 Å². The highest BCUT2D eigenvalue weighted by Crippen LogP contribution is 2.25. The fraction of sp³-hybridized carbons (Fsp3) is 0.357. The maximum Gasteiger partial charge on any atom is 0.165 e. The van der Waals surface area contributed by atoms with Crippen LogP contribution in [0.1, 0.15) is 18.9 Å². The predicted octanol–water partition coefficient (Wildman–Crippen LogP) is 2.59. The van der Waals surface area contributed by atoms with Gasteiger partial charge in [0.15, 0.2) is 5.75 Å². The maximum absolute atomic E-state index is 5.85. The Labute approximate surface area is 107 Å². The molecule has 2 N–H and O–H groups in total. The SMILES string of the molecule is CCCn1cc(Oc2ccccc2CCN)cn1. The molecule has 0 aliphatic heterocycles. The topological polar surface area (TPSA) is 53.1 Å². The third-order valence-corrected chi connectivity index (χ3v) is 2.68. The first-order valence-corrected chi connectivity index (χ1v) is 6.31. The van der Waals surface area contributed by atoms with Crippen LogP contribution in [0, 0.1) is 0 Å². The molecular weight excluding hydrogens is 226 g/mol. The van der Waals surface area contributed by atoms with Crippen LogP contribution in [0.2, 0.25) is 0 Å². The third-order valence-electron chi connectivity index (χ3n) is 2.68. The standard InChI is InChI=1S/C14H19N3O/c1-2-9-17-11-13(10-16-17)18-14-6-4-3-5-12(14)7-8-15/h3-6,10-11H,2,7-9,15H2,1H3. The van der Waals surface area contributed by atoms with Crippen LogP contribution in [-0.4, -0.2) is 16.3 Å². The van der Waals surface area contributed by atoms with Crippen molar-refractivity contribution in [3.63, 3.8) is 0 Å². The first-order chi connectivity index (χ1) is 8.83. The van der Waals surface area contributed by atoms with E-state index in [4.69, 9.17) is 10.5 Å². The van der Waals surface area contributed by atoms with Crippen molar-refractivity contribution in [1.82, 2.24) is 9.78 Å². The lowest BCUT2D eigenvalue weighted by molar-refractivity contribution is 0.474. The monoisotopic (exact) mass is 245 g/mol. The summed E-state index contributed by atoms with van der Waals surface area (Å²) in [6, 6.07) is 7.96. The van der Waals surface area contributed by atoms with E-state index in [0.29, 0.717) is 6.54 Å². The van der Waals surface area contributed by atoms with Gasteiger partial charge in [-0.25, -0.2) is 0 Å². The second-order valence-corrected chi connectivity index (χ2v) is 4.19. The van der Waals surface area contributed by atoms with Crippen molar-refractivity contribution in [2.75, 3.05) is 6.54 Å². The Morgan fingerprint density at radius 2 is 2.17 bits per heavy atom. The molecule has 0 radical (unpaired) electrons. The lowest BCUT2D eigenvalue weighted by Crippen LogP contribution is -2.03. The number of hydrogen-bond acceptors (Lipinski definition) is 3. The van der Waals surface area contributed by atoms with Crippen molar-refractivity contribution in [2.45, 2.75) is 26.3 Å². The molecule has 1 aromatic carbocycles. The van der Waals surface area contributed by atoms with Gasteiger partial charge in [-0.15, -0.1) is 0 Å². The van der Waals surface area contributed by atoms with Crippen LogP contribution >= 0.6 is 0 Å². The molecule has 18 heavy (non-hydrogen) atoms. The lowest BCUT2D eigenvalue weighted by atomic mass is 10.1. The van der Waals surface area contributed by atoms with Gasteiger partial charge in [-0.05, 0) is 31.0 Å². The quantitative estimate of drug-likeness (QED) is 0.851. The van der Waals surface area contributed by atoms with E-state index in [2.05, 4.69) is 12.0 Å². The summed E-state index contributed by atoms with van der Waals surface area (Å²) < 4.78 is 7.74. The molecule has 0 fully saturated rings. The van der Waals surface area contributed by atoms with E-state index in [1.54, 1.807) is 6.20 Å². The number of aromatic nitrogens is 2. The summed E-state index contributed by atoms with van der Waals surface area (Å²) in [5.41, 5.74) is 6.72. The molecule has 0 aliphatic carbocycles. The fourth-order valence-electron chi connectivity index (χ4n) is 1.84. The summed E-state index contributed by atoms with van der Waals surface area (Å²) in [7, 11) is 0. The molecule has 0 saturated carbocycles. The highest BCUT2D eigenvalue weighted by Gasteiger charge is 2.05. The van der Waals surface area contributed by atoms with E-state index in [-0.39, 0.29) is 0 Å². The Morgan fingerprint density at radius 1 is 1.33 bits per heavy atom. The van der Waals surface area contributed by atoms with Crippen LogP contribution in [0.3, 0.4) is 0 Å². The van der Waals surface area contributed by atoms with E-state index in [1.807, 2.05) is 35.1 Å². The molecule has 0 bridgehead atoms. The van der Waals surface area contributed by atoms with Gasteiger partial charge in [0.1, 0.15) is 5.75 Å². The van der Waals surface area contributed by atoms with Crippen LogP contribution in [0.15, 0.2) is 36.7 Å². The smallest absolute Gasteiger partial charge is 0.165 e. The van der Waals surface area contributed by atoms with E-state index in [9.17, 15) is 0 Å². The fourth-order valence-corrected chi connectivity index (χ4v) is 1.84. The number of aryl methyl sites for hydroxylation is 1. The molecule has 96 valence electrons. The maximum atomic E-state index is 5.85. The average Bonchev–Trinajstić information content (AvgIpc) is 2.80. The Bertz CT molecular complexity index is 493. The average molecular weight is 245 g/mol.